The van der Waals surface area contributed by atoms with Gasteiger partial charge in [0.1, 0.15) is 5.82 Å². The van der Waals surface area contributed by atoms with E-state index < -0.39 is 0 Å². The molecule has 0 saturated carbocycles. The van der Waals surface area contributed by atoms with Gasteiger partial charge >= 0.3 is 0 Å². The van der Waals surface area contributed by atoms with Gasteiger partial charge in [-0.1, -0.05) is 6.07 Å². The molecular weight excluding hydrogens is 230 g/mol. The maximum Gasteiger partial charge on any atom is 0.133 e. The van der Waals surface area contributed by atoms with Crippen LogP contribution in [-0.4, -0.2) is 12.0 Å². The second-order valence-corrected chi connectivity index (χ2v) is 4.97. The van der Waals surface area contributed by atoms with Crippen molar-refractivity contribution in [2.75, 3.05) is 11.9 Å². The molecule has 0 spiro atoms. The van der Waals surface area contributed by atoms with Crippen LogP contribution in [0.25, 0.3) is 0 Å². The van der Waals surface area contributed by atoms with E-state index in [9.17, 15) is 0 Å². The first-order valence-corrected chi connectivity index (χ1v) is 6.55. The molecule has 2 rings (SSSR count). The van der Waals surface area contributed by atoms with Gasteiger partial charge in [0.2, 0.25) is 0 Å². The summed E-state index contributed by atoms with van der Waals surface area (Å²) < 4.78 is 0. The minimum Gasteiger partial charge on any atom is -0.355 e. The topological polar surface area (TPSA) is 42.1 Å². The minimum atomic E-state index is 0.00336. The molecule has 0 radical (unpaired) electrons. The molecule has 0 aromatic carbocycles. The van der Waals surface area contributed by atoms with Gasteiger partial charge in [0, 0.05) is 31.4 Å². The lowest BCUT2D eigenvalue weighted by atomic mass is 10.1. The molecule has 2 heterocycles. The van der Waals surface area contributed by atoms with Crippen LogP contribution in [0, 0.1) is 0 Å². The Morgan fingerprint density at radius 1 is 1.47 bits per heavy atom. The molecule has 0 saturated heterocycles. The molecule has 4 heteroatoms. The van der Waals surface area contributed by atoms with Crippen molar-refractivity contribution in [2.45, 2.75) is 19.5 Å². The third-order valence-corrected chi connectivity index (χ3v) is 3.40. The van der Waals surface area contributed by atoms with Crippen LogP contribution < -0.4 is 10.6 Å². The molecule has 0 amide bonds. The van der Waals surface area contributed by atoms with Crippen molar-refractivity contribution in [1.82, 2.24) is 4.98 Å². The number of anilines is 1. The molecule has 2 aromatic rings. The van der Waals surface area contributed by atoms with Crippen LogP contribution >= 0.6 is 11.3 Å². The van der Waals surface area contributed by atoms with Crippen molar-refractivity contribution in [1.29, 1.82) is 0 Å². The Labute approximate surface area is 106 Å². The molecule has 2 aromatic heterocycles. The predicted octanol–water partition coefficient (Wildman–Crippen LogP) is 2.80. The van der Waals surface area contributed by atoms with E-state index in [0.717, 1.165) is 17.9 Å². The summed E-state index contributed by atoms with van der Waals surface area (Å²) in [6.07, 6.45) is 1.81. The maximum absolute atomic E-state index is 5.96. The van der Waals surface area contributed by atoms with Gasteiger partial charge in [-0.25, -0.2) is 4.98 Å². The van der Waals surface area contributed by atoms with E-state index in [1.165, 1.54) is 5.56 Å². The zero-order chi connectivity index (χ0) is 12.3. The van der Waals surface area contributed by atoms with E-state index in [4.69, 9.17) is 5.73 Å². The number of thiophene rings is 1. The van der Waals surface area contributed by atoms with Crippen LogP contribution in [0.15, 0.2) is 35.2 Å². The van der Waals surface area contributed by atoms with E-state index in [1.807, 2.05) is 32.3 Å². The lowest BCUT2D eigenvalue weighted by Gasteiger charge is -2.22. The second-order valence-electron chi connectivity index (χ2n) is 4.19. The number of rotatable bonds is 4. The van der Waals surface area contributed by atoms with Crippen molar-refractivity contribution in [2.24, 2.45) is 5.73 Å². The number of hydrogen-bond donors (Lipinski definition) is 1. The quantitative estimate of drug-likeness (QED) is 0.903. The van der Waals surface area contributed by atoms with Crippen LogP contribution in [0.5, 0.6) is 0 Å². The van der Waals surface area contributed by atoms with Gasteiger partial charge in [-0.05, 0) is 35.4 Å². The number of aromatic nitrogens is 1. The normalized spacial score (nSPS) is 12.4. The Balaban J connectivity index is 2.21. The summed E-state index contributed by atoms with van der Waals surface area (Å²) in [6, 6.07) is 6.11. The first kappa shape index (κ1) is 12.1. The van der Waals surface area contributed by atoms with E-state index in [0.29, 0.717) is 0 Å². The largest absolute Gasteiger partial charge is 0.355 e. The second kappa shape index (κ2) is 5.29. The van der Waals surface area contributed by atoms with Crippen molar-refractivity contribution in [3.05, 3.63) is 46.3 Å². The fourth-order valence-corrected chi connectivity index (χ4v) is 2.47. The summed E-state index contributed by atoms with van der Waals surface area (Å²) in [5.74, 6) is 0.966. The van der Waals surface area contributed by atoms with Crippen LogP contribution in [-0.2, 0) is 6.54 Å². The zero-order valence-electron chi connectivity index (χ0n) is 10.1. The highest BCUT2D eigenvalue weighted by Crippen LogP contribution is 2.23. The smallest absolute Gasteiger partial charge is 0.133 e. The molecule has 17 heavy (non-hydrogen) atoms. The first-order valence-electron chi connectivity index (χ1n) is 5.61. The van der Waals surface area contributed by atoms with Crippen LogP contribution in [0.4, 0.5) is 5.82 Å². The molecule has 0 aliphatic carbocycles. The van der Waals surface area contributed by atoms with Crippen molar-refractivity contribution in [3.8, 4) is 0 Å². The Morgan fingerprint density at radius 2 is 2.29 bits per heavy atom. The summed E-state index contributed by atoms with van der Waals surface area (Å²) in [4.78, 5) is 6.57. The third kappa shape index (κ3) is 2.84. The Morgan fingerprint density at radius 3 is 2.94 bits per heavy atom. The number of nitrogens with zero attached hydrogens (tertiary/aromatic N) is 2. The highest BCUT2D eigenvalue weighted by Gasteiger charge is 2.11. The van der Waals surface area contributed by atoms with Crippen molar-refractivity contribution in [3.63, 3.8) is 0 Å². The van der Waals surface area contributed by atoms with Crippen molar-refractivity contribution >= 4 is 17.2 Å². The zero-order valence-corrected chi connectivity index (χ0v) is 10.9. The summed E-state index contributed by atoms with van der Waals surface area (Å²) >= 11 is 1.72. The van der Waals surface area contributed by atoms with Gasteiger partial charge in [0.15, 0.2) is 0 Å². The van der Waals surface area contributed by atoms with Gasteiger partial charge in [0.25, 0.3) is 0 Å². The van der Waals surface area contributed by atoms with E-state index in [-0.39, 0.29) is 6.04 Å². The van der Waals surface area contributed by atoms with Crippen molar-refractivity contribution < 1.29 is 0 Å². The number of nitrogens with two attached hydrogens (primary N) is 1. The van der Waals surface area contributed by atoms with E-state index in [1.54, 1.807) is 11.3 Å². The highest BCUT2D eigenvalue weighted by molar-refractivity contribution is 7.07. The Kier molecular flexibility index (Phi) is 3.76. The average molecular weight is 247 g/mol. The van der Waals surface area contributed by atoms with Crippen LogP contribution in [0.3, 0.4) is 0 Å². The van der Waals surface area contributed by atoms with Crippen LogP contribution in [0.1, 0.15) is 24.1 Å². The van der Waals surface area contributed by atoms with E-state index >= 15 is 0 Å². The summed E-state index contributed by atoms with van der Waals surface area (Å²) in [6.45, 7) is 2.85. The van der Waals surface area contributed by atoms with Gasteiger partial charge in [-0.3, -0.25) is 0 Å². The van der Waals surface area contributed by atoms with Gasteiger partial charge in [-0.2, -0.15) is 11.3 Å². The van der Waals surface area contributed by atoms with Crippen LogP contribution in [0.2, 0.25) is 0 Å². The molecule has 90 valence electrons. The fourth-order valence-electron chi connectivity index (χ4n) is 1.82. The molecule has 1 atom stereocenters. The summed E-state index contributed by atoms with van der Waals surface area (Å²) in [5.41, 5.74) is 8.35. The molecule has 3 nitrogen and oxygen atoms in total. The monoisotopic (exact) mass is 247 g/mol. The SMILES string of the molecule is CC(N)c1cccnc1N(C)Cc1ccsc1. The molecule has 1 unspecified atom stereocenters. The minimum absolute atomic E-state index is 0.00336. The molecule has 0 fully saturated rings. The Bertz CT molecular complexity index is 465. The molecule has 0 bridgehead atoms. The van der Waals surface area contributed by atoms with E-state index in [2.05, 4.69) is 26.7 Å². The maximum atomic E-state index is 5.96. The fraction of sp³-hybridized carbons (Fsp3) is 0.308. The van der Waals surface area contributed by atoms with Gasteiger partial charge in [-0.15, -0.1) is 0 Å². The molecule has 0 aliphatic rings. The summed E-state index contributed by atoms with van der Waals surface area (Å²) in [7, 11) is 2.05. The lowest BCUT2D eigenvalue weighted by Crippen LogP contribution is -2.21. The number of hydrogen-bond acceptors (Lipinski definition) is 4. The predicted molar refractivity (Wildman–Crippen MR) is 73.3 cm³/mol. The number of pyridine rings is 1. The summed E-state index contributed by atoms with van der Waals surface area (Å²) in [5, 5.41) is 4.25. The highest BCUT2D eigenvalue weighted by atomic mass is 32.1. The lowest BCUT2D eigenvalue weighted by molar-refractivity contribution is 0.789. The van der Waals surface area contributed by atoms with Gasteiger partial charge < -0.3 is 10.6 Å². The standard InChI is InChI=1S/C13H17N3S/c1-10(14)12-4-3-6-15-13(12)16(2)8-11-5-7-17-9-11/h3-7,9-10H,8,14H2,1-2H3. The van der Waals surface area contributed by atoms with Gasteiger partial charge in [0.05, 0.1) is 0 Å². The molecular formula is C13H17N3S. The Hall–Kier alpha value is -1.39. The first-order chi connectivity index (χ1) is 8.18. The average Bonchev–Trinajstić information content (AvgIpc) is 2.81. The third-order valence-electron chi connectivity index (χ3n) is 2.67. The molecule has 0 aliphatic heterocycles. The molecule has 2 N–H and O–H groups in total.